The number of oxime groups is 1. The van der Waals surface area contributed by atoms with Gasteiger partial charge in [0.05, 0.1) is 6.04 Å². The summed E-state index contributed by atoms with van der Waals surface area (Å²) in [6.45, 7) is 14.4. The maximum atomic E-state index is 8.00. The summed E-state index contributed by atoms with van der Waals surface area (Å²) < 4.78 is 0. The first-order valence-electron chi connectivity index (χ1n) is 14.0. The summed E-state index contributed by atoms with van der Waals surface area (Å²) in [5, 5.41) is 3.92. The predicted octanol–water partition coefficient (Wildman–Crippen LogP) is 6.15. The lowest BCUT2D eigenvalue weighted by molar-refractivity contribution is -0.113. The fraction of sp³-hybridized carbons (Fsp3) is 0.931. The molecule has 4 saturated carbocycles. The van der Waals surface area contributed by atoms with E-state index in [1.54, 1.807) is 0 Å². The van der Waals surface area contributed by atoms with Crippen LogP contribution in [0.2, 0.25) is 0 Å². The predicted molar refractivity (Wildman–Crippen MR) is 141 cm³/mol. The van der Waals surface area contributed by atoms with E-state index in [-0.39, 0.29) is 17.4 Å². The molecule has 9 unspecified atom stereocenters. The number of hydrogen-bond acceptors (Lipinski definition) is 4. The molecule has 4 rings (SSSR count). The topological polar surface area (TPSA) is 90.7 Å². The minimum absolute atomic E-state index is 0.125. The average molecular weight is 476 g/mol. The monoisotopic (exact) mass is 475 g/mol. The zero-order chi connectivity index (χ0) is 25.3. The van der Waals surface area contributed by atoms with E-state index in [9.17, 15) is 0 Å². The summed E-state index contributed by atoms with van der Waals surface area (Å²) in [5.41, 5.74) is 13.9. The van der Waals surface area contributed by atoms with E-state index >= 15 is 0 Å². The lowest BCUT2D eigenvalue weighted by Crippen LogP contribution is -2.53. The SMILES string of the molecule is C=O.CO/N=C(\N)C(N)C(C)C(C)(C)CC1CCC2C3CCC4CCCCC4(C)C3CCC12C. The first-order valence-corrected chi connectivity index (χ1v) is 14.0. The Bertz CT molecular complexity index is 724. The van der Waals surface area contributed by atoms with Gasteiger partial charge in [0.15, 0.2) is 5.84 Å². The van der Waals surface area contributed by atoms with Gasteiger partial charge in [-0.15, -0.1) is 0 Å². The molecule has 0 aromatic rings. The maximum Gasteiger partial charge on any atom is 0.156 e. The molecule has 0 aliphatic heterocycles. The molecule has 4 aliphatic rings. The molecule has 0 aromatic carbocycles. The van der Waals surface area contributed by atoms with Crippen LogP contribution in [0.5, 0.6) is 0 Å². The van der Waals surface area contributed by atoms with Crippen LogP contribution in [0, 0.1) is 51.8 Å². The first kappa shape index (κ1) is 27.5. The minimum atomic E-state index is -0.257. The lowest BCUT2D eigenvalue weighted by Gasteiger charge is -2.61. The standard InChI is InChI=1S/C28H51N3O.CH2O/c1-18(24(29)25(30)31-32-6)26(2,3)17-20-11-13-22-21-12-10-19-9-7-8-15-27(19,4)23(21)14-16-28(20,22)5;1-2/h18-24H,7-17,29H2,1-6H3,(H2,30,31);1H2. The van der Waals surface area contributed by atoms with E-state index in [0.717, 1.165) is 29.6 Å². The second-order valence-corrected chi connectivity index (χ2v) is 13.4. The highest BCUT2D eigenvalue weighted by Crippen LogP contribution is 2.68. The van der Waals surface area contributed by atoms with Crippen molar-refractivity contribution in [2.75, 3.05) is 7.11 Å². The van der Waals surface area contributed by atoms with Crippen molar-refractivity contribution in [3.05, 3.63) is 0 Å². The Labute approximate surface area is 209 Å². The Morgan fingerprint density at radius 2 is 1.71 bits per heavy atom. The number of nitrogens with zero attached hydrogens (tertiary/aromatic N) is 1. The van der Waals surface area contributed by atoms with Crippen LogP contribution in [0.15, 0.2) is 5.16 Å². The van der Waals surface area contributed by atoms with Crippen molar-refractivity contribution in [3.63, 3.8) is 0 Å². The molecule has 0 saturated heterocycles. The van der Waals surface area contributed by atoms with Gasteiger partial charge in [-0.25, -0.2) is 0 Å². The molecule has 34 heavy (non-hydrogen) atoms. The third-order valence-corrected chi connectivity index (χ3v) is 11.9. The zero-order valence-corrected chi connectivity index (χ0v) is 22.9. The number of nitrogens with two attached hydrogens (primary N) is 2. The third kappa shape index (κ3) is 4.67. The van der Waals surface area contributed by atoms with Crippen LogP contribution in [0.25, 0.3) is 0 Å². The van der Waals surface area contributed by atoms with E-state index in [2.05, 4.69) is 39.8 Å². The number of amidine groups is 1. The molecule has 0 spiro atoms. The smallest absolute Gasteiger partial charge is 0.156 e. The Kier molecular flexibility index (Phi) is 8.48. The van der Waals surface area contributed by atoms with Gasteiger partial charge in [0, 0.05) is 0 Å². The van der Waals surface area contributed by atoms with Crippen molar-refractivity contribution in [3.8, 4) is 0 Å². The highest BCUT2D eigenvalue weighted by molar-refractivity contribution is 5.85. The maximum absolute atomic E-state index is 8.00. The molecule has 4 N–H and O–H groups in total. The molecule has 0 aromatic heterocycles. The molecular formula is C29H53N3O2. The van der Waals surface area contributed by atoms with E-state index in [0.29, 0.717) is 16.7 Å². The van der Waals surface area contributed by atoms with Crippen molar-refractivity contribution in [2.24, 2.45) is 68.4 Å². The van der Waals surface area contributed by atoms with Crippen molar-refractivity contribution in [1.82, 2.24) is 0 Å². The Morgan fingerprint density at radius 3 is 2.38 bits per heavy atom. The highest BCUT2D eigenvalue weighted by atomic mass is 16.6. The van der Waals surface area contributed by atoms with Gasteiger partial charge in [-0.3, -0.25) is 0 Å². The molecule has 4 fully saturated rings. The van der Waals surface area contributed by atoms with Crippen LogP contribution in [0.3, 0.4) is 0 Å². The second kappa shape index (κ2) is 10.5. The number of hydrogen-bond donors (Lipinski definition) is 2. The van der Waals surface area contributed by atoms with Gasteiger partial charge in [0.2, 0.25) is 0 Å². The van der Waals surface area contributed by atoms with Crippen LogP contribution < -0.4 is 11.5 Å². The van der Waals surface area contributed by atoms with Crippen molar-refractivity contribution < 1.29 is 9.63 Å². The Balaban J connectivity index is 0.00000158. The molecule has 0 amide bonds. The molecule has 196 valence electrons. The van der Waals surface area contributed by atoms with Crippen molar-refractivity contribution in [2.45, 2.75) is 111 Å². The van der Waals surface area contributed by atoms with Crippen molar-refractivity contribution >= 4 is 12.6 Å². The first-order chi connectivity index (χ1) is 16.0. The Hall–Kier alpha value is -1.10. The molecule has 0 heterocycles. The van der Waals surface area contributed by atoms with Crippen molar-refractivity contribution in [1.29, 1.82) is 0 Å². The summed E-state index contributed by atoms with van der Waals surface area (Å²) >= 11 is 0. The minimum Gasteiger partial charge on any atom is -0.398 e. The van der Waals surface area contributed by atoms with E-state index < -0.39 is 0 Å². The van der Waals surface area contributed by atoms with Crippen LogP contribution in [0.1, 0.15) is 105 Å². The molecule has 5 heteroatoms. The third-order valence-electron chi connectivity index (χ3n) is 11.9. The van der Waals surface area contributed by atoms with Gasteiger partial charge in [0.1, 0.15) is 13.9 Å². The number of fused-ring (bicyclic) bond motifs is 5. The van der Waals surface area contributed by atoms with Gasteiger partial charge in [-0.1, -0.05) is 52.6 Å². The Morgan fingerprint density at radius 1 is 1.03 bits per heavy atom. The molecule has 0 bridgehead atoms. The van der Waals surface area contributed by atoms with Gasteiger partial charge in [0.25, 0.3) is 0 Å². The molecule has 4 aliphatic carbocycles. The summed E-state index contributed by atoms with van der Waals surface area (Å²) in [4.78, 5) is 12.9. The number of carbonyl (C=O) groups is 1. The largest absolute Gasteiger partial charge is 0.398 e. The van der Waals surface area contributed by atoms with E-state index in [4.69, 9.17) is 21.1 Å². The van der Waals surface area contributed by atoms with Gasteiger partial charge in [-0.05, 0) is 110 Å². The molecule has 0 radical (unpaired) electrons. The quantitative estimate of drug-likeness (QED) is 0.274. The van der Waals surface area contributed by atoms with Gasteiger partial charge >= 0.3 is 0 Å². The average Bonchev–Trinajstić information content (AvgIpc) is 3.14. The fourth-order valence-electron chi connectivity index (χ4n) is 9.47. The van der Waals surface area contributed by atoms with Crippen LogP contribution in [-0.4, -0.2) is 25.8 Å². The van der Waals surface area contributed by atoms with Crippen LogP contribution >= 0.6 is 0 Å². The molecule has 5 nitrogen and oxygen atoms in total. The lowest BCUT2D eigenvalue weighted by atomic mass is 9.44. The van der Waals surface area contributed by atoms with Gasteiger partial charge in [-0.2, -0.15) is 0 Å². The number of rotatable bonds is 6. The van der Waals surface area contributed by atoms with Crippen LogP contribution in [-0.2, 0) is 9.63 Å². The van der Waals surface area contributed by atoms with E-state index in [1.165, 1.54) is 77.7 Å². The highest BCUT2D eigenvalue weighted by Gasteiger charge is 2.60. The summed E-state index contributed by atoms with van der Waals surface area (Å²) in [6.07, 6.45) is 16.0. The second-order valence-electron chi connectivity index (χ2n) is 13.4. The number of carbonyl (C=O) groups excluding carboxylic acids is 1. The normalized spacial score (nSPS) is 41.7. The van der Waals surface area contributed by atoms with Gasteiger partial charge < -0.3 is 21.1 Å². The fourth-order valence-corrected chi connectivity index (χ4v) is 9.47. The summed E-state index contributed by atoms with van der Waals surface area (Å²) in [5.74, 6) is 5.40. The summed E-state index contributed by atoms with van der Waals surface area (Å²) in [6, 6.07) is -0.257. The molecular weight excluding hydrogens is 422 g/mol. The zero-order valence-electron chi connectivity index (χ0n) is 22.9. The molecule has 9 atom stereocenters. The summed E-state index contributed by atoms with van der Waals surface area (Å²) in [7, 11) is 1.53. The van der Waals surface area contributed by atoms with Crippen LogP contribution in [0.4, 0.5) is 0 Å². The van der Waals surface area contributed by atoms with E-state index in [1.807, 2.05) is 6.79 Å².